The topological polar surface area (TPSA) is 74.8 Å². The standard InChI is InChI=1S/C20H14Cl2FN3O2S/c21-13-2-1-3-14(22)16(13)12-8-15(27)24-18-17(12)19(28)26-20(25-18)29-9-10-4-6-11(23)7-5-10/h1-7,12H,8-9H2,(H2,24,25,26,27,28). The Hall–Kier alpha value is -2.35. The molecule has 1 atom stereocenters. The number of carbonyl (C=O) groups is 1. The molecule has 2 aromatic carbocycles. The molecule has 0 spiro atoms. The fraction of sp³-hybridized carbons (Fsp3) is 0.150. The summed E-state index contributed by atoms with van der Waals surface area (Å²) in [6, 6.07) is 11.1. The van der Waals surface area contributed by atoms with Crippen LogP contribution in [0.3, 0.4) is 0 Å². The highest BCUT2D eigenvalue weighted by atomic mass is 35.5. The van der Waals surface area contributed by atoms with Crippen molar-refractivity contribution in [2.45, 2.75) is 23.2 Å². The molecule has 0 aliphatic carbocycles. The molecule has 1 aliphatic heterocycles. The van der Waals surface area contributed by atoms with Crippen LogP contribution in [0.25, 0.3) is 0 Å². The first-order valence-electron chi connectivity index (χ1n) is 8.67. The third-order valence-corrected chi connectivity index (χ3v) is 6.17. The first kappa shape index (κ1) is 19.9. The molecular formula is C20H14Cl2FN3O2S. The number of rotatable bonds is 4. The first-order chi connectivity index (χ1) is 13.9. The van der Waals surface area contributed by atoms with Crippen LogP contribution in [0, 0.1) is 5.82 Å². The zero-order valence-corrected chi connectivity index (χ0v) is 17.2. The maximum Gasteiger partial charge on any atom is 0.257 e. The lowest BCUT2D eigenvalue weighted by molar-refractivity contribution is -0.116. The van der Waals surface area contributed by atoms with Gasteiger partial charge in [0.15, 0.2) is 5.16 Å². The number of aromatic nitrogens is 2. The van der Waals surface area contributed by atoms with Gasteiger partial charge in [0.2, 0.25) is 5.91 Å². The van der Waals surface area contributed by atoms with Crippen molar-refractivity contribution in [1.82, 2.24) is 9.97 Å². The minimum absolute atomic E-state index is 0.0449. The van der Waals surface area contributed by atoms with Crippen LogP contribution in [0.5, 0.6) is 0 Å². The Morgan fingerprint density at radius 2 is 1.76 bits per heavy atom. The smallest absolute Gasteiger partial charge is 0.257 e. The van der Waals surface area contributed by atoms with Gasteiger partial charge in [0.25, 0.3) is 5.56 Å². The van der Waals surface area contributed by atoms with Gasteiger partial charge < -0.3 is 10.3 Å². The monoisotopic (exact) mass is 449 g/mol. The lowest BCUT2D eigenvalue weighted by atomic mass is 9.87. The van der Waals surface area contributed by atoms with Gasteiger partial charge in [-0.3, -0.25) is 9.59 Å². The van der Waals surface area contributed by atoms with Crippen LogP contribution in [0.15, 0.2) is 52.4 Å². The molecule has 0 bridgehead atoms. The zero-order valence-electron chi connectivity index (χ0n) is 14.8. The Balaban J connectivity index is 1.69. The average Bonchev–Trinajstić information content (AvgIpc) is 2.67. The Morgan fingerprint density at radius 1 is 1.07 bits per heavy atom. The van der Waals surface area contributed by atoms with Crippen LogP contribution in [0.2, 0.25) is 10.0 Å². The summed E-state index contributed by atoms with van der Waals surface area (Å²) in [5.74, 6) is -0.493. The van der Waals surface area contributed by atoms with Crippen molar-refractivity contribution in [3.8, 4) is 0 Å². The van der Waals surface area contributed by atoms with E-state index in [1.165, 1.54) is 23.9 Å². The number of aromatic amines is 1. The molecule has 148 valence electrons. The number of anilines is 1. The highest BCUT2D eigenvalue weighted by Crippen LogP contribution is 2.41. The Labute approximate surface area is 179 Å². The number of nitrogens with zero attached hydrogens (tertiary/aromatic N) is 1. The van der Waals surface area contributed by atoms with Gasteiger partial charge in [-0.2, -0.15) is 0 Å². The van der Waals surface area contributed by atoms with Crippen molar-refractivity contribution in [2.75, 3.05) is 5.32 Å². The summed E-state index contributed by atoms with van der Waals surface area (Å²) >= 11 is 13.9. The first-order valence-corrected chi connectivity index (χ1v) is 10.4. The highest BCUT2D eigenvalue weighted by molar-refractivity contribution is 7.98. The largest absolute Gasteiger partial charge is 0.310 e. The number of thioether (sulfide) groups is 1. The molecular weight excluding hydrogens is 436 g/mol. The van der Waals surface area contributed by atoms with Crippen molar-refractivity contribution in [1.29, 1.82) is 0 Å². The lowest BCUT2D eigenvalue weighted by Crippen LogP contribution is -2.31. The van der Waals surface area contributed by atoms with Crippen molar-refractivity contribution in [3.05, 3.63) is 85.4 Å². The number of H-pyrrole nitrogens is 1. The van der Waals surface area contributed by atoms with E-state index in [0.717, 1.165) is 5.56 Å². The van der Waals surface area contributed by atoms with Crippen molar-refractivity contribution in [3.63, 3.8) is 0 Å². The molecule has 0 fully saturated rings. The normalized spacial score (nSPS) is 15.7. The quantitative estimate of drug-likeness (QED) is 0.434. The molecule has 3 aromatic rings. The van der Waals surface area contributed by atoms with Crippen LogP contribution in [-0.2, 0) is 10.5 Å². The number of halogens is 3. The minimum atomic E-state index is -0.590. The SMILES string of the molecule is O=C1CC(c2c(Cl)cccc2Cl)c2c(nc(SCc3ccc(F)cc3)[nH]c2=O)N1. The molecule has 1 amide bonds. The van der Waals surface area contributed by atoms with Crippen LogP contribution in [-0.4, -0.2) is 15.9 Å². The van der Waals surface area contributed by atoms with Crippen molar-refractivity contribution < 1.29 is 9.18 Å². The molecule has 0 saturated heterocycles. The Morgan fingerprint density at radius 3 is 2.45 bits per heavy atom. The number of fused-ring (bicyclic) bond motifs is 1. The number of hydrogen-bond donors (Lipinski definition) is 2. The average molecular weight is 450 g/mol. The third kappa shape index (κ3) is 4.17. The summed E-state index contributed by atoms with van der Waals surface area (Å²) in [5, 5.41) is 3.79. The van der Waals surface area contributed by atoms with Crippen LogP contribution in [0.1, 0.15) is 29.0 Å². The van der Waals surface area contributed by atoms with E-state index in [1.807, 2.05) is 0 Å². The number of carbonyl (C=O) groups excluding carboxylic acids is 1. The Bertz CT molecular complexity index is 1130. The molecule has 1 unspecified atom stereocenters. The van der Waals surface area contributed by atoms with E-state index in [4.69, 9.17) is 23.2 Å². The summed E-state index contributed by atoms with van der Waals surface area (Å²) in [5.41, 5.74) is 1.37. The molecule has 9 heteroatoms. The second-order valence-electron chi connectivity index (χ2n) is 6.49. The van der Waals surface area contributed by atoms with E-state index in [-0.39, 0.29) is 29.5 Å². The van der Waals surface area contributed by atoms with Gasteiger partial charge in [-0.15, -0.1) is 0 Å². The molecule has 1 aliphatic rings. The van der Waals surface area contributed by atoms with Crippen LogP contribution >= 0.6 is 35.0 Å². The summed E-state index contributed by atoms with van der Waals surface area (Å²) in [6.45, 7) is 0. The Kier molecular flexibility index (Phi) is 5.63. The fourth-order valence-electron chi connectivity index (χ4n) is 3.24. The zero-order chi connectivity index (χ0) is 20.5. The van der Waals surface area contributed by atoms with Crippen molar-refractivity contribution >= 4 is 46.7 Å². The number of amides is 1. The maximum atomic E-state index is 13.0. The highest BCUT2D eigenvalue weighted by Gasteiger charge is 2.33. The second kappa shape index (κ2) is 8.18. The van der Waals surface area contributed by atoms with Crippen LogP contribution in [0.4, 0.5) is 10.2 Å². The van der Waals surface area contributed by atoms with E-state index in [2.05, 4.69) is 15.3 Å². The van der Waals surface area contributed by atoms with E-state index >= 15 is 0 Å². The molecule has 2 heterocycles. The third-order valence-electron chi connectivity index (χ3n) is 4.57. The summed E-state index contributed by atoms with van der Waals surface area (Å²) < 4.78 is 13.0. The second-order valence-corrected chi connectivity index (χ2v) is 8.27. The molecule has 29 heavy (non-hydrogen) atoms. The van der Waals surface area contributed by atoms with Gasteiger partial charge in [0, 0.05) is 28.1 Å². The molecule has 4 rings (SSSR count). The maximum absolute atomic E-state index is 13.0. The van der Waals surface area contributed by atoms with Gasteiger partial charge in [0.05, 0.1) is 5.56 Å². The predicted octanol–water partition coefficient (Wildman–Crippen LogP) is 4.98. The van der Waals surface area contributed by atoms with Gasteiger partial charge >= 0.3 is 0 Å². The van der Waals surface area contributed by atoms with Gasteiger partial charge in [-0.1, -0.05) is 53.2 Å². The minimum Gasteiger partial charge on any atom is -0.310 e. The fourth-order valence-corrected chi connectivity index (χ4v) is 4.72. The molecule has 5 nitrogen and oxygen atoms in total. The van der Waals surface area contributed by atoms with E-state index in [0.29, 0.717) is 32.1 Å². The molecule has 2 N–H and O–H groups in total. The van der Waals surface area contributed by atoms with E-state index in [9.17, 15) is 14.0 Å². The van der Waals surface area contributed by atoms with Gasteiger partial charge in [0.1, 0.15) is 11.6 Å². The predicted molar refractivity (Wildman–Crippen MR) is 112 cm³/mol. The van der Waals surface area contributed by atoms with E-state index < -0.39 is 5.92 Å². The number of hydrogen-bond acceptors (Lipinski definition) is 4. The van der Waals surface area contributed by atoms with Gasteiger partial charge in [-0.05, 0) is 35.4 Å². The van der Waals surface area contributed by atoms with Crippen LogP contribution < -0.4 is 10.9 Å². The summed E-state index contributed by atoms with van der Waals surface area (Å²) in [7, 11) is 0. The molecule has 1 aromatic heterocycles. The van der Waals surface area contributed by atoms with E-state index in [1.54, 1.807) is 30.3 Å². The van der Waals surface area contributed by atoms with Crippen molar-refractivity contribution in [2.24, 2.45) is 0 Å². The molecule has 0 radical (unpaired) electrons. The summed E-state index contributed by atoms with van der Waals surface area (Å²) in [4.78, 5) is 32.3. The number of nitrogens with one attached hydrogen (secondary N) is 2. The van der Waals surface area contributed by atoms with Gasteiger partial charge in [-0.25, -0.2) is 9.37 Å². The summed E-state index contributed by atoms with van der Waals surface area (Å²) in [6.07, 6.45) is 0.0449. The molecule has 0 saturated carbocycles. The number of benzene rings is 2. The lowest BCUT2D eigenvalue weighted by Gasteiger charge is -2.25.